The summed E-state index contributed by atoms with van der Waals surface area (Å²) in [4.78, 5) is 122. The monoisotopic (exact) mass is 1680 g/mol. The van der Waals surface area contributed by atoms with E-state index in [1.165, 1.54) is 50.4 Å². The van der Waals surface area contributed by atoms with Crippen LogP contribution in [0.2, 0.25) is 0 Å². The Morgan fingerprint density at radius 1 is 0.426 bits per heavy atom. The Bertz CT molecular complexity index is 5580. The summed E-state index contributed by atoms with van der Waals surface area (Å²) in [5.74, 6) is -8.99. The number of fused-ring (bicyclic) bond motifs is 9. The molecule has 0 spiro atoms. The Hall–Kier alpha value is -12.1. The lowest BCUT2D eigenvalue weighted by Crippen LogP contribution is -2.50. The standard InChI is InChI=1S/C32H36F2N4O5.C31H34F2N4O5.C28H27F2N3O4/c1-5-18(4)28(35)32(41)43-16-42-30-26(39)14-36-38-25(15-37(17(2)3)31(40)29(30)38)27-21-8-6-10-23(33)19(21)12-13-20-22(27)9-7-11-24(20)34;1-4-13-36-15-24(26-20-7-5-9-22(32)18(20)11-12-19-21(26)8-6-10-23(19)33)37-28(30(36)39)29(25(38)14-35-37)41-16-42-31(40)27(34)17(2)3;1-4-24(35)37-27-23(34)13-31-33-22(14-32(15(2)3)28(36)26(27)33)25-18-7-5-9-20(29)16(18)11-12-17-19(25)8-6-10-21(17)30/h6-11,14,17-18,25,27-28H,5,12-13,15-16,35H2,1-4H3;5-10,14,17,24,26-27H,4,11-13,15-16,34H2,1-3H3;5-10,13,15,22,25H,4,11-12,14H2,1-3H3. The minimum atomic E-state index is -0.886. The fourth-order valence-corrected chi connectivity index (χ4v) is 17.4. The van der Waals surface area contributed by atoms with Gasteiger partial charge in [-0.3, -0.25) is 57.2 Å². The predicted octanol–water partition coefficient (Wildman–Crippen LogP) is 12.0. The molecule has 25 nitrogen and oxygen atoms in total. The van der Waals surface area contributed by atoms with E-state index in [-0.39, 0.29) is 108 Å². The molecule has 6 atom stereocenters. The number of halogens is 6. The molecule has 642 valence electrons. The minimum Gasteiger partial charge on any atom is -0.451 e. The molecule has 122 heavy (non-hydrogen) atoms. The average Bonchev–Trinajstić information content (AvgIpc) is 1.32. The molecule has 31 heteroatoms. The molecule has 3 aliphatic heterocycles. The molecule has 4 N–H and O–H groups in total. The van der Waals surface area contributed by atoms with Gasteiger partial charge in [-0.1, -0.05) is 121 Å². The van der Waals surface area contributed by atoms with Crippen molar-refractivity contribution in [1.29, 1.82) is 0 Å². The lowest BCUT2D eigenvalue weighted by molar-refractivity contribution is -0.154. The van der Waals surface area contributed by atoms with Gasteiger partial charge in [-0.15, -0.1) is 0 Å². The van der Waals surface area contributed by atoms with Gasteiger partial charge in [0, 0.05) is 62.4 Å². The second-order valence-electron chi connectivity index (χ2n) is 32.2. The van der Waals surface area contributed by atoms with Crippen molar-refractivity contribution in [3.05, 3.63) is 277 Å². The third kappa shape index (κ3) is 17.0. The van der Waals surface area contributed by atoms with Crippen LogP contribution in [0.1, 0.15) is 223 Å². The first-order valence-electron chi connectivity index (χ1n) is 41.1. The summed E-state index contributed by atoms with van der Waals surface area (Å²) in [7, 11) is 0. The highest BCUT2D eigenvalue weighted by Gasteiger charge is 2.48. The van der Waals surface area contributed by atoms with Crippen LogP contribution in [0.3, 0.4) is 0 Å². The number of carbonyl (C=O) groups excluding carboxylic acids is 6. The van der Waals surface area contributed by atoms with Gasteiger partial charge in [0.15, 0.2) is 17.1 Å². The van der Waals surface area contributed by atoms with Gasteiger partial charge in [0.05, 0.1) is 36.7 Å². The molecule has 15 rings (SSSR count). The smallest absolute Gasteiger partial charge is 0.326 e. The number of hydrogen-bond acceptors (Lipinski definition) is 19. The summed E-state index contributed by atoms with van der Waals surface area (Å²) < 4.78 is 122. The first-order chi connectivity index (χ1) is 58.4. The molecule has 0 bridgehead atoms. The number of amides is 3. The highest BCUT2D eigenvalue weighted by molar-refractivity contribution is 5.98. The molecule has 0 saturated heterocycles. The maximum absolute atomic E-state index is 15.2. The average molecular weight is 1680 g/mol. The summed E-state index contributed by atoms with van der Waals surface area (Å²) in [5.41, 5.74) is 16.3. The van der Waals surface area contributed by atoms with Crippen molar-refractivity contribution in [2.24, 2.45) is 23.3 Å². The van der Waals surface area contributed by atoms with Gasteiger partial charge in [0.1, 0.15) is 47.0 Å². The number of nitrogens with two attached hydrogens (primary N) is 2. The number of hydrogen-bond donors (Lipinski definition) is 2. The quantitative estimate of drug-likeness (QED) is 0.0407. The van der Waals surface area contributed by atoms with E-state index < -0.39 is 125 Å². The number of aromatic nitrogens is 6. The number of carbonyl (C=O) groups is 6. The highest BCUT2D eigenvalue weighted by Crippen LogP contribution is 2.50. The fraction of sp³-hybridized carbons (Fsp3) is 0.407. The lowest BCUT2D eigenvalue weighted by atomic mass is 9.81. The molecule has 0 fully saturated rings. The molecule has 6 aromatic carbocycles. The maximum atomic E-state index is 15.2. The van der Waals surface area contributed by atoms with E-state index in [2.05, 4.69) is 15.3 Å². The Kier molecular flexibility index (Phi) is 26.6. The van der Waals surface area contributed by atoms with Gasteiger partial charge in [0.25, 0.3) is 17.7 Å². The van der Waals surface area contributed by atoms with Crippen molar-refractivity contribution < 1.29 is 78.8 Å². The topological polar surface area (TPSA) is 315 Å². The number of ether oxygens (including phenoxy) is 5. The summed E-state index contributed by atoms with van der Waals surface area (Å²) in [6, 6.07) is 24.7. The van der Waals surface area contributed by atoms with E-state index in [0.29, 0.717) is 125 Å². The van der Waals surface area contributed by atoms with E-state index >= 15 is 26.3 Å². The van der Waals surface area contributed by atoms with Crippen molar-refractivity contribution in [3.8, 4) is 17.2 Å². The van der Waals surface area contributed by atoms with E-state index in [1.54, 1.807) is 71.9 Å². The van der Waals surface area contributed by atoms with E-state index in [9.17, 15) is 43.2 Å². The Morgan fingerprint density at radius 3 is 1.03 bits per heavy atom. The van der Waals surface area contributed by atoms with Crippen LogP contribution in [-0.4, -0.2) is 144 Å². The molecule has 3 aliphatic carbocycles. The Balaban J connectivity index is 0.000000158. The SMILES string of the molecule is CCC(=O)Oc1c2n(ncc1=O)C(C1c3cccc(F)c3CCc3c(F)cccc31)CN(C(C)C)C2=O.CCC(C)C(N)C(=O)OCOc1c2n(ncc1=O)C(C1c3cccc(F)c3CCc3c(F)cccc31)CN(C(C)C)C2=O.CCCN1CC(C2c3cccc(F)c3CCc3c(F)cccc32)n2ncc(=O)c(OCOC(=O)C(N)C(C)C)c2C1=O. The van der Waals surface area contributed by atoms with Crippen molar-refractivity contribution in [1.82, 2.24) is 44.0 Å². The molecule has 0 saturated carbocycles. The fourth-order valence-electron chi connectivity index (χ4n) is 17.4. The summed E-state index contributed by atoms with van der Waals surface area (Å²) in [5, 5.41) is 13.0. The Morgan fingerprint density at radius 2 is 0.730 bits per heavy atom. The molecule has 9 aromatic rings. The largest absolute Gasteiger partial charge is 0.451 e. The van der Waals surface area contributed by atoms with E-state index in [4.69, 9.17) is 35.2 Å². The number of esters is 3. The summed E-state index contributed by atoms with van der Waals surface area (Å²) in [6.45, 7) is 17.7. The van der Waals surface area contributed by atoms with Gasteiger partial charge < -0.3 is 49.9 Å². The zero-order valence-corrected chi connectivity index (χ0v) is 69.3. The zero-order valence-electron chi connectivity index (χ0n) is 69.3. The summed E-state index contributed by atoms with van der Waals surface area (Å²) >= 11 is 0. The van der Waals surface area contributed by atoms with Crippen LogP contribution in [-0.2, 0) is 62.4 Å². The number of benzene rings is 6. The molecule has 3 aromatic heterocycles. The molecule has 0 radical (unpaired) electrons. The molecular weight excluding hydrogens is 1590 g/mol. The highest BCUT2D eigenvalue weighted by atomic mass is 19.1. The van der Waals surface area contributed by atoms with Crippen LogP contribution in [0.15, 0.2) is 142 Å². The molecule has 6 heterocycles. The van der Waals surface area contributed by atoms with Crippen LogP contribution in [0, 0.1) is 46.7 Å². The second-order valence-corrected chi connectivity index (χ2v) is 32.2. The van der Waals surface area contributed by atoms with Crippen LogP contribution < -0.4 is 42.0 Å². The van der Waals surface area contributed by atoms with Crippen molar-refractivity contribution >= 4 is 35.6 Å². The minimum absolute atomic E-state index is 0.00858. The van der Waals surface area contributed by atoms with Crippen LogP contribution in [0.4, 0.5) is 26.3 Å². The zero-order chi connectivity index (χ0) is 87.6. The van der Waals surface area contributed by atoms with Crippen molar-refractivity contribution in [3.63, 3.8) is 0 Å². The third-order valence-electron chi connectivity index (χ3n) is 24.0. The second kappa shape index (κ2) is 37.1. The van der Waals surface area contributed by atoms with Gasteiger partial charge in [-0.2, -0.15) is 15.3 Å². The molecule has 6 aliphatic rings. The normalized spacial score (nSPS) is 17.5. The lowest BCUT2D eigenvalue weighted by Gasteiger charge is -2.41. The van der Waals surface area contributed by atoms with Crippen molar-refractivity contribution in [2.75, 3.05) is 39.8 Å². The summed E-state index contributed by atoms with van der Waals surface area (Å²) in [6.07, 6.45) is 6.23. The van der Waals surface area contributed by atoms with Crippen molar-refractivity contribution in [2.45, 2.75) is 187 Å². The third-order valence-corrected chi connectivity index (χ3v) is 24.0. The van der Waals surface area contributed by atoms with Crippen LogP contribution in [0.25, 0.3) is 0 Å². The van der Waals surface area contributed by atoms with Gasteiger partial charge in [-0.25, -0.2) is 26.3 Å². The number of rotatable bonds is 20. The first kappa shape index (κ1) is 87.7. The molecule has 3 amide bonds. The first-order valence-corrected chi connectivity index (χ1v) is 41.1. The number of nitrogens with zero attached hydrogens (tertiary/aromatic N) is 9. The van der Waals surface area contributed by atoms with Gasteiger partial charge in [-0.05, 0) is 188 Å². The van der Waals surface area contributed by atoms with Gasteiger partial charge in [0.2, 0.25) is 47.1 Å². The predicted molar refractivity (Wildman–Crippen MR) is 437 cm³/mol. The molecular formula is C91H97F6N11O14. The van der Waals surface area contributed by atoms with E-state index in [0.717, 1.165) is 18.6 Å². The van der Waals surface area contributed by atoms with Crippen LogP contribution >= 0.6 is 0 Å². The van der Waals surface area contributed by atoms with Crippen LogP contribution in [0.5, 0.6) is 17.2 Å². The Labute approximate surface area is 699 Å². The molecule has 6 unspecified atom stereocenters. The van der Waals surface area contributed by atoms with Gasteiger partial charge >= 0.3 is 17.9 Å². The van der Waals surface area contributed by atoms with E-state index in [1.807, 2.05) is 84.9 Å². The maximum Gasteiger partial charge on any atom is 0.326 e.